The number of hydrogen-bond donors (Lipinski definition) is 2. The number of carbonyl (C=O) groups excluding carboxylic acids is 4. The van der Waals surface area contributed by atoms with Gasteiger partial charge in [0.15, 0.2) is 6.04 Å². The van der Waals surface area contributed by atoms with Gasteiger partial charge < -0.3 is 29.4 Å². The maximum absolute atomic E-state index is 13.4. The van der Waals surface area contributed by atoms with E-state index >= 15 is 0 Å². The summed E-state index contributed by atoms with van der Waals surface area (Å²) in [7, 11) is -3.16. The number of hydrogen-bond acceptors (Lipinski definition) is 13. The number of carbonyl (C=O) groups is 4. The average molecular weight is 546 g/mol. The Labute approximate surface area is 213 Å². The van der Waals surface area contributed by atoms with E-state index in [0.717, 1.165) is 7.11 Å². The molecule has 6 atom stereocenters. The topological polar surface area (TPSA) is 180 Å². The standard InChI is InChI=1S/C21H31N4O11P/c1-12(2)34-18(28)13(23-20(29)31-5)9-32-37(30)33-10-14-17(36-37)21(3,11-22-4)19(35-14)25-7-6-15(26)24-16(27)8-25/h6-7,12-14,17,19H,4,8-11H2,1-3,5H3,(H,23,29)(H,24,26,27)/t13-,14-,17-,19-,21-,37+/m1/s1. The molecule has 0 aromatic rings. The van der Waals surface area contributed by atoms with Crippen LogP contribution in [0.3, 0.4) is 0 Å². The highest BCUT2D eigenvalue weighted by molar-refractivity contribution is 7.48. The van der Waals surface area contributed by atoms with Gasteiger partial charge in [-0.25, -0.2) is 14.2 Å². The van der Waals surface area contributed by atoms with Gasteiger partial charge in [-0.05, 0) is 20.6 Å². The van der Waals surface area contributed by atoms with Gasteiger partial charge in [0.05, 0.1) is 44.9 Å². The summed E-state index contributed by atoms with van der Waals surface area (Å²) in [6.07, 6.45) is -1.26. The molecule has 0 aromatic heterocycles. The Kier molecular flexibility index (Phi) is 9.08. The number of nitrogens with zero attached hydrogens (tertiary/aromatic N) is 2. The van der Waals surface area contributed by atoms with Gasteiger partial charge in [0, 0.05) is 12.3 Å². The summed E-state index contributed by atoms with van der Waals surface area (Å²) in [6.45, 7) is 7.60. The van der Waals surface area contributed by atoms with Crippen LogP contribution in [-0.2, 0) is 46.7 Å². The predicted molar refractivity (Wildman–Crippen MR) is 125 cm³/mol. The molecule has 3 amide bonds. The first kappa shape index (κ1) is 28.7. The van der Waals surface area contributed by atoms with Crippen molar-refractivity contribution in [3.63, 3.8) is 0 Å². The van der Waals surface area contributed by atoms with Crippen LogP contribution < -0.4 is 10.6 Å². The molecule has 0 aliphatic carbocycles. The highest BCUT2D eigenvalue weighted by Crippen LogP contribution is 2.59. The van der Waals surface area contributed by atoms with E-state index in [4.69, 9.17) is 23.0 Å². The number of imide groups is 1. The molecule has 37 heavy (non-hydrogen) atoms. The van der Waals surface area contributed by atoms with Crippen molar-refractivity contribution in [1.29, 1.82) is 0 Å². The van der Waals surface area contributed by atoms with Gasteiger partial charge in [-0.1, -0.05) is 6.92 Å². The Bertz CT molecular complexity index is 1000. The molecular formula is C21H31N4O11P. The van der Waals surface area contributed by atoms with Crippen LogP contribution in [0.2, 0.25) is 0 Å². The zero-order chi connectivity index (χ0) is 27.4. The monoisotopic (exact) mass is 546 g/mol. The Balaban J connectivity index is 1.78. The minimum atomic E-state index is -4.28. The number of phosphoric ester groups is 1. The Hall–Kier alpha value is -2.84. The van der Waals surface area contributed by atoms with Gasteiger partial charge in [0.2, 0.25) is 5.91 Å². The lowest BCUT2D eigenvalue weighted by Crippen LogP contribution is -2.51. The number of phosphoric acid groups is 1. The lowest BCUT2D eigenvalue weighted by atomic mass is 9.82. The van der Waals surface area contributed by atoms with E-state index in [0.29, 0.717) is 0 Å². The summed E-state index contributed by atoms with van der Waals surface area (Å²) in [5.41, 5.74) is -1.01. The molecule has 3 rings (SSSR count). The second-order valence-electron chi connectivity index (χ2n) is 9.05. The number of amides is 3. The molecule has 0 unspecified atom stereocenters. The van der Waals surface area contributed by atoms with Crippen LogP contribution in [0.4, 0.5) is 4.79 Å². The van der Waals surface area contributed by atoms with Crippen molar-refractivity contribution < 1.29 is 51.5 Å². The highest BCUT2D eigenvalue weighted by Gasteiger charge is 2.61. The van der Waals surface area contributed by atoms with Crippen molar-refractivity contribution in [3.05, 3.63) is 12.3 Å². The molecule has 15 nitrogen and oxygen atoms in total. The van der Waals surface area contributed by atoms with Gasteiger partial charge in [0.1, 0.15) is 18.4 Å². The molecule has 2 N–H and O–H groups in total. The fraction of sp³-hybridized carbons (Fsp3) is 0.667. The molecule has 0 aromatic carbocycles. The van der Waals surface area contributed by atoms with E-state index in [-0.39, 0.29) is 19.7 Å². The zero-order valence-corrected chi connectivity index (χ0v) is 21.8. The van der Waals surface area contributed by atoms with E-state index in [2.05, 4.69) is 27.1 Å². The summed E-state index contributed by atoms with van der Waals surface area (Å²) in [5, 5.41) is 4.46. The quantitative estimate of drug-likeness (QED) is 0.173. The van der Waals surface area contributed by atoms with Crippen LogP contribution >= 0.6 is 7.82 Å². The number of aliphatic imine (C=N–C) groups is 1. The smallest absolute Gasteiger partial charge is 0.461 e. The molecule has 3 heterocycles. The van der Waals surface area contributed by atoms with E-state index < -0.39 is 74.3 Å². The van der Waals surface area contributed by atoms with E-state index in [1.165, 1.54) is 17.2 Å². The van der Waals surface area contributed by atoms with Crippen molar-refractivity contribution >= 4 is 38.4 Å². The molecule has 3 aliphatic heterocycles. The number of ether oxygens (including phenoxy) is 3. The highest BCUT2D eigenvalue weighted by atomic mass is 31.2. The summed E-state index contributed by atoms with van der Waals surface area (Å²) in [4.78, 5) is 53.4. The van der Waals surface area contributed by atoms with Crippen LogP contribution in [0.25, 0.3) is 0 Å². The molecule has 0 saturated carbocycles. The maximum atomic E-state index is 13.4. The van der Waals surface area contributed by atoms with Gasteiger partial charge in [0.25, 0.3) is 5.91 Å². The fourth-order valence-corrected chi connectivity index (χ4v) is 5.66. The second kappa shape index (κ2) is 11.7. The SMILES string of the molecule is C=NC[C@]1(C)[C@@H]2O[P@@](=O)(OC[C@@H](NC(=O)OC)C(=O)OC(C)C)OC[C@H]2O[C@H]1N1C=CC(=O)NC(=O)C1. The first-order valence-electron chi connectivity index (χ1n) is 11.4. The van der Waals surface area contributed by atoms with Gasteiger partial charge in [-0.15, -0.1) is 0 Å². The van der Waals surface area contributed by atoms with Crippen LogP contribution in [0.1, 0.15) is 20.8 Å². The van der Waals surface area contributed by atoms with Crippen LogP contribution in [0, 0.1) is 5.41 Å². The predicted octanol–water partition coefficient (Wildman–Crippen LogP) is 0.107. The maximum Gasteiger partial charge on any atom is 0.475 e. The number of fused-ring (bicyclic) bond motifs is 1. The lowest BCUT2D eigenvalue weighted by molar-refractivity contribution is -0.151. The summed E-state index contributed by atoms with van der Waals surface area (Å²) in [5.74, 6) is -1.95. The van der Waals surface area contributed by atoms with Gasteiger partial charge >= 0.3 is 19.9 Å². The van der Waals surface area contributed by atoms with E-state index in [1.54, 1.807) is 20.8 Å². The number of alkyl carbamates (subject to hydrolysis) is 1. The minimum Gasteiger partial charge on any atom is -0.461 e. The summed E-state index contributed by atoms with van der Waals surface area (Å²) < 4.78 is 45.7. The Morgan fingerprint density at radius 2 is 2.14 bits per heavy atom. The molecular weight excluding hydrogens is 515 g/mol. The molecule has 2 fully saturated rings. The normalized spacial score (nSPS) is 32.2. The van der Waals surface area contributed by atoms with Gasteiger partial charge in [-0.3, -0.25) is 28.5 Å². The van der Waals surface area contributed by atoms with Crippen LogP contribution in [0.15, 0.2) is 17.3 Å². The minimum absolute atomic E-state index is 0.0754. The number of methoxy groups -OCH3 is 1. The third kappa shape index (κ3) is 6.73. The van der Waals surface area contributed by atoms with Crippen molar-refractivity contribution in [2.75, 3.05) is 33.4 Å². The molecule has 0 bridgehead atoms. The number of nitrogens with one attached hydrogen (secondary N) is 2. The molecule has 0 radical (unpaired) electrons. The van der Waals surface area contributed by atoms with Crippen LogP contribution in [0.5, 0.6) is 0 Å². The third-order valence-electron chi connectivity index (χ3n) is 5.77. The van der Waals surface area contributed by atoms with Crippen molar-refractivity contribution in [3.8, 4) is 0 Å². The molecule has 16 heteroatoms. The van der Waals surface area contributed by atoms with Gasteiger partial charge in [-0.2, -0.15) is 0 Å². The fourth-order valence-electron chi connectivity index (χ4n) is 4.15. The zero-order valence-electron chi connectivity index (χ0n) is 20.9. The summed E-state index contributed by atoms with van der Waals surface area (Å²) in [6, 6.07) is -1.36. The Morgan fingerprint density at radius 3 is 2.78 bits per heavy atom. The number of esters is 1. The Morgan fingerprint density at radius 1 is 1.41 bits per heavy atom. The number of rotatable bonds is 9. The third-order valence-corrected chi connectivity index (χ3v) is 7.18. The van der Waals surface area contributed by atoms with Crippen LogP contribution in [-0.4, -0.2) is 99.5 Å². The summed E-state index contributed by atoms with van der Waals surface area (Å²) >= 11 is 0. The van der Waals surface area contributed by atoms with Crippen molar-refractivity contribution in [2.24, 2.45) is 10.4 Å². The molecule has 206 valence electrons. The second-order valence-corrected chi connectivity index (χ2v) is 10.7. The van der Waals surface area contributed by atoms with E-state index in [1.807, 2.05) is 0 Å². The first-order valence-corrected chi connectivity index (χ1v) is 12.8. The molecule has 2 saturated heterocycles. The van der Waals surface area contributed by atoms with E-state index in [9.17, 15) is 23.7 Å². The molecule has 3 aliphatic rings. The molecule has 0 spiro atoms. The van der Waals surface area contributed by atoms with Crippen molar-refractivity contribution in [1.82, 2.24) is 15.5 Å². The average Bonchev–Trinajstić information content (AvgIpc) is 2.97. The largest absolute Gasteiger partial charge is 0.475 e. The first-order chi connectivity index (χ1) is 17.4. The lowest BCUT2D eigenvalue weighted by Gasteiger charge is -2.39. The van der Waals surface area contributed by atoms with Crippen molar-refractivity contribution in [2.45, 2.75) is 51.4 Å².